The van der Waals surface area contributed by atoms with Crippen molar-refractivity contribution in [1.82, 2.24) is 5.16 Å². The number of aromatic nitrogens is 1. The molecule has 2 aromatic carbocycles. The Morgan fingerprint density at radius 1 is 1.16 bits per heavy atom. The quantitative estimate of drug-likeness (QED) is 0.302. The zero-order chi connectivity index (χ0) is 22.7. The second kappa shape index (κ2) is 7.18. The van der Waals surface area contributed by atoms with Crippen LogP contribution in [0.5, 0.6) is 0 Å². The Labute approximate surface area is 188 Å². The molecule has 0 saturated carbocycles. The van der Waals surface area contributed by atoms with Gasteiger partial charge in [-0.1, -0.05) is 40.5 Å². The van der Waals surface area contributed by atoms with E-state index in [1.54, 1.807) is 13.0 Å². The van der Waals surface area contributed by atoms with Crippen molar-refractivity contribution >= 4 is 51.6 Å². The molecule has 0 saturated heterocycles. The summed E-state index contributed by atoms with van der Waals surface area (Å²) in [7, 11) is 0. The highest BCUT2D eigenvalue weighted by molar-refractivity contribution is 6.38. The van der Waals surface area contributed by atoms with E-state index in [-0.39, 0.29) is 43.8 Å². The number of amides is 1. The first-order valence-corrected chi connectivity index (χ1v) is 9.99. The van der Waals surface area contributed by atoms with Crippen molar-refractivity contribution in [3.05, 3.63) is 95.5 Å². The van der Waals surface area contributed by atoms with E-state index in [9.17, 15) is 19.7 Å². The van der Waals surface area contributed by atoms with Crippen molar-refractivity contribution < 1.29 is 18.7 Å². The fourth-order valence-corrected chi connectivity index (χ4v) is 4.36. The maximum Gasteiger partial charge on any atom is 0.296 e. The number of fused-ring (bicyclic) bond motifs is 2. The van der Waals surface area contributed by atoms with E-state index in [1.165, 1.54) is 41.3 Å². The number of aryl methyl sites for hydroxylation is 1. The van der Waals surface area contributed by atoms with E-state index in [0.29, 0.717) is 11.3 Å². The number of nitro groups is 1. The van der Waals surface area contributed by atoms with Crippen LogP contribution in [-0.4, -0.2) is 16.0 Å². The minimum Gasteiger partial charge on any atom is -0.449 e. The zero-order valence-corrected chi connectivity index (χ0v) is 17.7. The normalized spacial score (nSPS) is 15.4. The number of halogens is 2. The third kappa shape index (κ3) is 2.97. The molecule has 11 heteroatoms. The third-order valence-electron chi connectivity index (χ3n) is 5.15. The van der Waals surface area contributed by atoms with E-state index in [2.05, 4.69) is 5.16 Å². The van der Waals surface area contributed by atoms with E-state index in [1.807, 2.05) is 0 Å². The van der Waals surface area contributed by atoms with E-state index in [4.69, 9.17) is 32.1 Å². The lowest BCUT2D eigenvalue weighted by Gasteiger charge is -2.22. The largest absolute Gasteiger partial charge is 0.449 e. The molecule has 5 rings (SSSR count). The van der Waals surface area contributed by atoms with Gasteiger partial charge in [-0.25, -0.2) is 0 Å². The fraction of sp³-hybridized carbons (Fsp3) is 0.0952. The van der Waals surface area contributed by atoms with Crippen LogP contribution in [0.4, 0.5) is 11.5 Å². The van der Waals surface area contributed by atoms with Gasteiger partial charge in [0.25, 0.3) is 11.6 Å². The number of rotatable bonds is 3. The molecule has 0 fully saturated rings. The molecular weight excluding hydrogens is 461 g/mol. The summed E-state index contributed by atoms with van der Waals surface area (Å²) < 4.78 is 10.9. The Hall–Kier alpha value is -3.69. The Balaban J connectivity index is 1.85. The summed E-state index contributed by atoms with van der Waals surface area (Å²) in [6.45, 7) is 1.64. The predicted molar refractivity (Wildman–Crippen MR) is 115 cm³/mol. The standard InChI is InChI=1S/C21H11Cl2N3O6/c1-9-5-15(24-32-9)25-17(10-3-2-4-12(6-10)26(29)30)16-18(27)13-7-11(22)8-14(23)19(13)31-20(16)21(25)28/h2-8,17H,1H3/t17-/m0/s1. The minimum absolute atomic E-state index is 0.00184. The number of benzene rings is 2. The molecule has 0 aliphatic carbocycles. The van der Waals surface area contributed by atoms with Gasteiger partial charge in [0.1, 0.15) is 5.76 Å². The van der Waals surface area contributed by atoms with Crippen LogP contribution < -0.4 is 10.3 Å². The smallest absolute Gasteiger partial charge is 0.296 e. The maximum absolute atomic E-state index is 13.5. The monoisotopic (exact) mass is 471 g/mol. The lowest BCUT2D eigenvalue weighted by molar-refractivity contribution is -0.384. The molecule has 0 bridgehead atoms. The third-order valence-corrected chi connectivity index (χ3v) is 5.65. The minimum atomic E-state index is -1.04. The van der Waals surface area contributed by atoms with Gasteiger partial charge in [0.2, 0.25) is 5.76 Å². The molecule has 0 spiro atoms. The van der Waals surface area contributed by atoms with Crippen LogP contribution in [0.25, 0.3) is 11.0 Å². The van der Waals surface area contributed by atoms with Gasteiger partial charge in [-0.05, 0) is 24.6 Å². The number of hydrogen-bond acceptors (Lipinski definition) is 7. The van der Waals surface area contributed by atoms with Gasteiger partial charge in [-0.15, -0.1) is 0 Å². The summed E-state index contributed by atoms with van der Waals surface area (Å²) in [5, 5.41) is 15.6. The van der Waals surface area contributed by atoms with Crippen molar-refractivity contribution in [2.75, 3.05) is 4.90 Å². The van der Waals surface area contributed by atoms with Gasteiger partial charge in [-0.2, -0.15) is 0 Å². The SMILES string of the molecule is Cc1cc(N2C(=O)c3oc4c(Cl)cc(Cl)cc4c(=O)c3[C@@H]2c2cccc([N+](=O)[O-])c2)no1. The maximum atomic E-state index is 13.5. The van der Waals surface area contributed by atoms with Crippen LogP contribution in [0.2, 0.25) is 10.0 Å². The Kier molecular flexibility index (Phi) is 4.54. The Morgan fingerprint density at radius 3 is 2.62 bits per heavy atom. The molecule has 0 N–H and O–H groups in total. The highest BCUT2D eigenvalue weighted by Gasteiger charge is 2.45. The number of nitrogens with zero attached hydrogens (tertiary/aromatic N) is 3. The number of non-ortho nitro benzene ring substituents is 1. The predicted octanol–water partition coefficient (Wildman–Crippen LogP) is 5.05. The van der Waals surface area contributed by atoms with Crippen LogP contribution in [-0.2, 0) is 0 Å². The average Bonchev–Trinajstić information content (AvgIpc) is 3.30. The molecule has 32 heavy (non-hydrogen) atoms. The Bertz CT molecular complexity index is 1510. The number of carbonyl (C=O) groups is 1. The number of hydrogen-bond donors (Lipinski definition) is 0. The fourth-order valence-electron chi connectivity index (χ4n) is 3.83. The first-order chi connectivity index (χ1) is 15.3. The molecular formula is C21H11Cl2N3O6. The van der Waals surface area contributed by atoms with Crippen LogP contribution in [0.15, 0.2) is 56.2 Å². The van der Waals surface area contributed by atoms with E-state index < -0.39 is 22.3 Å². The first kappa shape index (κ1) is 20.2. The van der Waals surface area contributed by atoms with Crippen LogP contribution in [0, 0.1) is 17.0 Å². The van der Waals surface area contributed by atoms with E-state index >= 15 is 0 Å². The summed E-state index contributed by atoms with van der Waals surface area (Å²) in [6, 6.07) is 8.93. The average molecular weight is 472 g/mol. The second-order valence-corrected chi connectivity index (χ2v) is 8.01. The van der Waals surface area contributed by atoms with Crippen molar-refractivity contribution in [3.63, 3.8) is 0 Å². The molecule has 0 radical (unpaired) electrons. The zero-order valence-electron chi connectivity index (χ0n) is 16.2. The van der Waals surface area contributed by atoms with Crippen LogP contribution in [0.1, 0.15) is 33.5 Å². The molecule has 4 aromatic rings. The second-order valence-electron chi connectivity index (χ2n) is 7.16. The van der Waals surface area contributed by atoms with Gasteiger partial charge in [0.15, 0.2) is 16.8 Å². The molecule has 3 heterocycles. The lowest BCUT2D eigenvalue weighted by Crippen LogP contribution is -2.29. The van der Waals surface area contributed by atoms with Gasteiger partial charge >= 0.3 is 0 Å². The molecule has 2 aromatic heterocycles. The summed E-state index contributed by atoms with van der Waals surface area (Å²) in [4.78, 5) is 38.9. The van der Waals surface area contributed by atoms with Gasteiger partial charge in [0.05, 0.1) is 26.9 Å². The summed E-state index contributed by atoms with van der Waals surface area (Å²) in [6.07, 6.45) is 0. The molecule has 1 aliphatic heterocycles. The van der Waals surface area contributed by atoms with Gasteiger partial charge in [0, 0.05) is 23.2 Å². The van der Waals surface area contributed by atoms with Crippen molar-refractivity contribution in [1.29, 1.82) is 0 Å². The summed E-state index contributed by atoms with van der Waals surface area (Å²) in [5.41, 5.74) is -0.382. The van der Waals surface area contributed by atoms with Crippen molar-refractivity contribution in [2.24, 2.45) is 0 Å². The Morgan fingerprint density at radius 2 is 1.94 bits per heavy atom. The van der Waals surface area contributed by atoms with Crippen molar-refractivity contribution in [3.8, 4) is 0 Å². The van der Waals surface area contributed by atoms with Crippen LogP contribution in [0.3, 0.4) is 0 Å². The van der Waals surface area contributed by atoms with Gasteiger partial charge in [-0.3, -0.25) is 24.6 Å². The molecule has 9 nitrogen and oxygen atoms in total. The number of anilines is 1. The highest BCUT2D eigenvalue weighted by Crippen LogP contribution is 2.42. The van der Waals surface area contributed by atoms with E-state index in [0.717, 1.165) is 0 Å². The molecule has 1 amide bonds. The number of carbonyl (C=O) groups excluding carboxylic acids is 1. The first-order valence-electron chi connectivity index (χ1n) is 9.23. The molecule has 1 aliphatic rings. The van der Waals surface area contributed by atoms with Crippen LogP contribution >= 0.6 is 23.2 Å². The number of nitro benzene ring substituents is 1. The molecule has 160 valence electrons. The summed E-state index contributed by atoms with van der Waals surface area (Å²) >= 11 is 12.3. The van der Waals surface area contributed by atoms with Crippen molar-refractivity contribution in [2.45, 2.75) is 13.0 Å². The summed E-state index contributed by atoms with van der Waals surface area (Å²) in [5.74, 6) is -0.331. The van der Waals surface area contributed by atoms with Gasteiger partial charge < -0.3 is 8.94 Å². The molecule has 0 unspecified atom stereocenters. The highest BCUT2D eigenvalue weighted by atomic mass is 35.5. The molecule has 1 atom stereocenters. The lowest BCUT2D eigenvalue weighted by atomic mass is 9.98. The topological polar surface area (TPSA) is 120 Å².